The number of hydrogen-bond acceptors (Lipinski definition) is 2. The Morgan fingerprint density at radius 1 is 0.412 bits per heavy atom. The van der Waals surface area contributed by atoms with Crippen LogP contribution >= 0.6 is 11.3 Å². The predicted molar refractivity (Wildman–Crippen MR) is 219 cm³/mol. The van der Waals surface area contributed by atoms with Gasteiger partial charge in [0.2, 0.25) is 0 Å². The van der Waals surface area contributed by atoms with Crippen molar-refractivity contribution in [2.75, 3.05) is 4.90 Å². The highest BCUT2D eigenvalue weighted by Crippen LogP contribution is 2.53. The van der Waals surface area contributed by atoms with Crippen molar-refractivity contribution in [3.63, 3.8) is 0 Å². The summed E-state index contributed by atoms with van der Waals surface area (Å²) in [6.07, 6.45) is 5.72. The van der Waals surface area contributed by atoms with Crippen LogP contribution in [-0.4, -0.2) is 0 Å². The van der Waals surface area contributed by atoms with Crippen LogP contribution in [0.4, 0.5) is 17.1 Å². The van der Waals surface area contributed by atoms with Gasteiger partial charge in [-0.3, -0.25) is 0 Å². The standard InChI is InChI=1S/C49H39NS/c1-2-6-34(7-3-1)35-12-14-36(15-13-35)38-20-24-42(25-21-38)50(44-28-29-49-47(32-44)45-8-4-5-9-48(45)51-49)43-26-22-39(23-27-43)37-16-18-40(19-17-37)46-31-33-10-11-41(46)30-33/h1-9,12-29,32-33,41,46H,10-11,30-31H2. The molecule has 0 radical (unpaired) electrons. The second kappa shape index (κ2) is 12.7. The van der Waals surface area contributed by atoms with Crippen LogP contribution in [0.15, 0.2) is 170 Å². The first-order valence-corrected chi connectivity index (χ1v) is 19.2. The number of rotatable bonds is 7. The molecule has 3 unspecified atom stereocenters. The maximum atomic E-state index is 2.40. The van der Waals surface area contributed by atoms with Crippen molar-refractivity contribution >= 4 is 48.6 Å². The highest BCUT2D eigenvalue weighted by atomic mass is 32.1. The number of thiophene rings is 1. The molecule has 2 bridgehead atoms. The van der Waals surface area contributed by atoms with Crippen LogP contribution in [0.2, 0.25) is 0 Å². The molecule has 246 valence electrons. The van der Waals surface area contributed by atoms with E-state index in [0.29, 0.717) is 0 Å². The number of fused-ring (bicyclic) bond motifs is 5. The maximum Gasteiger partial charge on any atom is 0.0468 e. The van der Waals surface area contributed by atoms with Crippen molar-refractivity contribution in [3.05, 3.63) is 175 Å². The number of benzene rings is 7. The molecule has 2 aliphatic carbocycles. The molecule has 2 aliphatic rings. The van der Waals surface area contributed by atoms with Crippen molar-refractivity contribution in [1.82, 2.24) is 0 Å². The summed E-state index contributed by atoms with van der Waals surface area (Å²) in [6.45, 7) is 0. The Bertz CT molecular complexity index is 2460. The number of anilines is 3. The molecule has 51 heavy (non-hydrogen) atoms. The molecule has 2 heteroatoms. The zero-order chi connectivity index (χ0) is 33.7. The Hall–Kier alpha value is -5.44. The van der Waals surface area contributed by atoms with Gasteiger partial charge in [0.25, 0.3) is 0 Å². The van der Waals surface area contributed by atoms with Gasteiger partial charge >= 0.3 is 0 Å². The molecule has 1 nitrogen and oxygen atoms in total. The third-order valence-corrected chi connectivity index (χ3v) is 12.8. The molecule has 0 N–H and O–H groups in total. The van der Waals surface area contributed by atoms with Gasteiger partial charge in [0, 0.05) is 37.2 Å². The van der Waals surface area contributed by atoms with Crippen molar-refractivity contribution in [2.24, 2.45) is 11.8 Å². The Kier molecular flexibility index (Phi) is 7.57. The molecule has 8 aromatic rings. The van der Waals surface area contributed by atoms with Gasteiger partial charge in [-0.25, -0.2) is 0 Å². The van der Waals surface area contributed by atoms with Crippen molar-refractivity contribution in [3.8, 4) is 33.4 Å². The smallest absolute Gasteiger partial charge is 0.0468 e. The molecular weight excluding hydrogens is 635 g/mol. The molecular formula is C49H39NS. The first kappa shape index (κ1) is 30.4. The Labute approximate surface area is 304 Å². The van der Waals surface area contributed by atoms with Crippen LogP contribution in [0.3, 0.4) is 0 Å². The van der Waals surface area contributed by atoms with Crippen LogP contribution in [0, 0.1) is 11.8 Å². The maximum absolute atomic E-state index is 2.40. The van der Waals surface area contributed by atoms with Crippen LogP contribution in [0.1, 0.15) is 37.2 Å². The average molecular weight is 674 g/mol. The van der Waals surface area contributed by atoms with Gasteiger partial charge in [-0.2, -0.15) is 0 Å². The Balaban J connectivity index is 0.985. The summed E-state index contributed by atoms with van der Waals surface area (Å²) in [7, 11) is 0. The molecule has 2 fully saturated rings. The first-order valence-electron chi connectivity index (χ1n) is 18.4. The van der Waals surface area contributed by atoms with Gasteiger partial charge in [-0.15, -0.1) is 11.3 Å². The van der Waals surface area contributed by atoms with Crippen LogP contribution in [0.25, 0.3) is 53.6 Å². The van der Waals surface area contributed by atoms with Crippen LogP contribution in [0.5, 0.6) is 0 Å². The number of nitrogens with zero attached hydrogens (tertiary/aromatic N) is 1. The lowest BCUT2D eigenvalue weighted by molar-refractivity contribution is 0.420. The van der Waals surface area contributed by atoms with Gasteiger partial charge < -0.3 is 4.90 Å². The van der Waals surface area contributed by atoms with Gasteiger partial charge in [0.1, 0.15) is 0 Å². The summed E-state index contributed by atoms with van der Waals surface area (Å²) >= 11 is 1.87. The molecule has 7 aromatic carbocycles. The van der Waals surface area contributed by atoms with E-state index in [9.17, 15) is 0 Å². The normalized spacial score (nSPS) is 18.1. The minimum absolute atomic E-state index is 0.770. The van der Waals surface area contributed by atoms with E-state index in [1.807, 2.05) is 11.3 Å². The number of hydrogen-bond donors (Lipinski definition) is 0. The van der Waals surface area contributed by atoms with Gasteiger partial charge in [-0.1, -0.05) is 128 Å². The van der Waals surface area contributed by atoms with Crippen molar-refractivity contribution < 1.29 is 0 Å². The third kappa shape index (κ3) is 5.65. The van der Waals surface area contributed by atoms with Crippen LogP contribution in [-0.2, 0) is 0 Å². The zero-order valence-corrected chi connectivity index (χ0v) is 29.4. The topological polar surface area (TPSA) is 3.24 Å². The molecule has 0 saturated heterocycles. The summed E-state index contributed by atoms with van der Waals surface area (Å²) in [5, 5.41) is 2.62. The predicted octanol–water partition coefficient (Wildman–Crippen LogP) is 14.4. The van der Waals surface area contributed by atoms with E-state index in [0.717, 1.165) is 34.8 Å². The van der Waals surface area contributed by atoms with Gasteiger partial charge in [0.15, 0.2) is 0 Å². The second-order valence-electron chi connectivity index (χ2n) is 14.6. The van der Waals surface area contributed by atoms with E-state index in [-0.39, 0.29) is 0 Å². The Morgan fingerprint density at radius 3 is 1.51 bits per heavy atom. The summed E-state index contributed by atoms with van der Waals surface area (Å²) in [5.41, 5.74) is 12.4. The molecule has 0 spiro atoms. The minimum atomic E-state index is 0.770. The summed E-state index contributed by atoms with van der Waals surface area (Å²) in [5.74, 6) is 2.65. The highest BCUT2D eigenvalue weighted by molar-refractivity contribution is 7.25. The molecule has 0 aliphatic heterocycles. The third-order valence-electron chi connectivity index (χ3n) is 11.6. The minimum Gasteiger partial charge on any atom is -0.310 e. The van der Waals surface area contributed by atoms with Gasteiger partial charge in [-0.05, 0) is 124 Å². The lowest BCUT2D eigenvalue weighted by atomic mass is 9.83. The largest absolute Gasteiger partial charge is 0.310 e. The fourth-order valence-corrected chi connectivity index (χ4v) is 10.1. The molecule has 1 heterocycles. The van der Waals surface area contributed by atoms with Crippen molar-refractivity contribution in [1.29, 1.82) is 0 Å². The SMILES string of the molecule is c1ccc(-c2ccc(-c3ccc(N(c4ccc(-c5ccc(C6CC7CCC6C7)cc5)cc4)c4ccc5sc6ccccc6c5c4)cc3)cc2)cc1. The summed E-state index contributed by atoms with van der Waals surface area (Å²) in [6, 6.07) is 62.8. The molecule has 2 saturated carbocycles. The molecule has 10 rings (SSSR count). The lowest BCUT2D eigenvalue weighted by Gasteiger charge is -2.26. The van der Waals surface area contributed by atoms with E-state index >= 15 is 0 Å². The van der Waals surface area contributed by atoms with Crippen LogP contribution < -0.4 is 4.90 Å². The van der Waals surface area contributed by atoms with E-state index in [1.54, 1.807) is 5.56 Å². The second-order valence-corrected chi connectivity index (χ2v) is 15.6. The first-order chi connectivity index (χ1) is 25.2. The summed E-state index contributed by atoms with van der Waals surface area (Å²) < 4.78 is 2.65. The molecule has 0 amide bonds. The highest BCUT2D eigenvalue weighted by Gasteiger charge is 2.39. The van der Waals surface area contributed by atoms with E-state index in [1.165, 1.54) is 79.2 Å². The lowest BCUT2D eigenvalue weighted by Crippen LogP contribution is -2.09. The fraction of sp³-hybridized carbons (Fsp3) is 0.143. The quantitative estimate of drug-likeness (QED) is 0.163. The van der Waals surface area contributed by atoms with Crippen molar-refractivity contribution in [2.45, 2.75) is 31.6 Å². The average Bonchev–Trinajstić information content (AvgIpc) is 3.94. The van der Waals surface area contributed by atoms with E-state index < -0.39 is 0 Å². The van der Waals surface area contributed by atoms with E-state index in [4.69, 9.17) is 0 Å². The fourth-order valence-electron chi connectivity index (χ4n) is 8.97. The summed E-state index contributed by atoms with van der Waals surface area (Å²) in [4.78, 5) is 2.40. The monoisotopic (exact) mass is 673 g/mol. The Morgan fingerprint density at radius 2 is 0.922 bits per heavy atom. The van der Waals surface area contributed by atoms with Gasteiger partial charge in [0.05, 0.1) is 0 Å². The molecule has 3 atom stereocenters. The molecule has 1 aromatic heterocycles. The zero-order valence-electron chi connectivity index (χ0n) is 28.6. The van der Waals surface area contributed by atoms with E-state index in [2.05, 4.69) is 175 Å².